The number of aliphatic hydroxyl groups excluding tert-OH is 1. The molecule has 0 spiro atoms. The average Bonchev–Trinajstić information content (AvgIpc) is 2.93. The number of ether oxygens (including phenoxy) is 1. The fraction of sp³-hybridized carbons (Fsp3) is 0.913. The second-order valence-electron chi connectivity index (χ2n) is 10.6. The number of carbonyl (C=O) groups is 2. The zero-order valence-corrected chi connectivity index (χ0v) is 17.4. The van der Waals surface area contributed by atoms with Gasteiger partial charge in [-0.05, 0) is 86.9 Å². The highest BCUT2D eigenvalue weighted by molar-refractivity contribution is 5.79. The summed E-state index contributed by atoms with van der Waals surface area (Å²) in [5, 5.41) is 10.3. The van der Waals surface area contributed by atoms with Crippen LogP contribution in [0.1, 0.15) is 79.1 Å². The molecule has 4 saturated carbocycles. The smallest absolute Gasteiger partial charge is 0.302 e. The molecular weight excluding hydrogens is 340 g/mol. The molecule has 9 atom stereocenters. The van der Waals surface area contributed by atoms with Gasteiger partial charge >= 0.3 is 5.97 Å². The van der Waals surface area contributed by atoms with Crippen molar-refractivity contribution < 1.29 is 19.4 Å². The van der Waals surface area contributed by atoms with Crippen molar-refractivity contribution in [3.63, 3.8) is 0 Å². The summed E-state index contributed by atoms with van der Waals surface area (Å²) in [6.45, 7) is 8.05. The Labute approximate surface area is 163 Å². The number of Topliss-reactive ketones (excluding diaryl/α,β-unsaturated/α-hetero) is 1. The molecule has 0 aromatic heterocycles. The van der Waals surface area contributed by atoms with Crippen LogP contribution in [0.4, 0.5) is 0 Å². The fourth-order valence-corrected chi connectivity index (χ4v) is 8.18. The second-order valence-corrected chi connectivity index (χ2v) is 10.6. The van der Waals surface area contributed by atoms with Gasteiger partial charge in [0.05, 0.1) is 6.10 Å². The van der Waals surface area contributed by atoms with E-state index >= 15 is 0 Å². The van der Waals surface area contributed by atoms with Gasteiger partial charge in [-0.15, -0.1) is 0 Å². The van der Waals surface area contributed by atoms with E-state index in [1.807, 2.05) is 0 Å². The maximum atomic E-state index is 12.3. The largest absolute Gasteiger partial charge is 0.462 e. The van der Waals surface area contributed by atoms with Crippen LogP contribution in [-0.4, -0.2) is 29.1 Å². The Kier molecular flexibility index (Phi) is 4.73. The van der Waals surface area contributed by atoms with Crippen molar-refractivity contribution in [3.8, 4) is 0 Å². The van der Waals surface area contributed by atoms with Gasteiger partial charge in [-0.3, -0.25) is 9.59 Å². The molecule has 3 unspecified atom stereocenters. The Morgan fingerprint density at radius 1 is 0.926 bits per heavy atom. The minimum atomic E-state index is -0.208. The first kappa shape index (κ1) is 19.4. The van der Waals surface area contributed by atoms with E-state index in [9.17, 15) is 14.7 Å². The summed E-state index contributed by atoms with van der Waals surface area (Å²) in [6, 6.07) is 0. The number of hydrogen-bond acceptors (Lipinski definition) is 4. The molecule has 4 aliphatic carbocycles. The molecule has 4 nitrogen and oxygen atoms in total. The summed E-state index contributed by atoms with van der Waals surface area (Å²) in [5.74, 6) is 2.13. The number of esters is 1. The summed E-state index contributed by atoms with van der Waals surface area (Å²) in [4.78, 5) is 24.2. The molecule has 0 aromatic rings. The topological polar surface area (TPSA) is 63.6 Å². The van der Waals surface area contributed by atoms with Crippen molar-refractivity contribution in [3.05, 3.63) is 0 Å². The van der Waals surface area contributed by atoms with Gasteiger partial charge in [0.1, 0.15) is 11.9 Å². The van der Waals surface area contributed by atoms with E-state index in [-0.39, 0.29) is 34.9 Å². The van der Waals surface area contributed by atoms with Crippen molar-refractivity contribution in [2.24, 2.45) is 40.4 Å². The SMILES string of the molecule is CC(=O)O[C@@H]1C[C@@H]2C[C@H](O)CC[C@]2(C)C2CC[C@@]3(C)C(CC[C@@H]3C(C)=O)C21. The van der Waals surface area contributed by atoms with E-state index < -0.39 is 0 Å². The Bertz CT molecular complexity index is 630. The first-order valence-electron chi connectivity index (χ1n) is 11.0. The highest BCUT2D eigenvalue weighted by Gasteiger charge is 2.63. The number of aliphatic hydroxyl groups is 1. The molecule has 0 saturated heterocycles. The summed E-state index contributed by atoms with van der Waals surface area (Å²) in [7, 11) is 0. The number of rotatable bonds is 2. The standard InChI is InChI=1S/C23H36O4/c1-13(24)17-5-6-18-21-19(8-10-23(17,18)4)22(3)9-7-16(26)11-15(22)12-20(21)27-14(2)25/h15-21,26H,5-12H2,1-4H3/t15-,16+,17+,18?,19?,20+,21?,22-,23+/m0/s1. The Morgan fingerprint density at radius 3 is 2.26 bits per heavy atom. The average molecular weight is 377 g/mol. The maximum Gasteiger partial charge on any atom is 0.302 e. The molecule has 0 radical (unpaired) electrons. The normalized spacial score (nSPS) is 51.7. The molecule has 0 bridgehead atoms. The van der Waals surface area contributed by atoms with Crippen LogP contribution < -0.4 is 0 Å². The summed E-state index contributed by atoms with van der Waals surface area (Å²) in [6.07, 6.45) is 7.75. The van der Waals surface area contributed by atoms with Crippen LogP contribution >= 0.6 is 0 Å². The molecule has 27 heavy (non-hydrogen) atoms. The molecule has 4 fully saturated rings. The zero-order valence-electron chi connectivity index (χ0n) is 17.4. The van der Waals surface area contributed by atoms with Crippen molar-refractivity contribution in [1.29, 1.82) is 0 Å². The molecule has 4 heteroatoms. The third-order valence-electron chi connectivity index (χ3n) is 9.44. The van der Waals surface area contributed by atoms with Crippen LogP contribution in [0.2, 0.25) is 0 Å². The first-order valence-corrected chi connectivity index (χ1v) is 11.0. The molecule has 0 amide bonds. The van der Waals surface area contributed by atoms with E-state index in [0.717, 1.165) is 51.4 Å². The van der Waals surface area contributed by atoms with Crippen LogP contribution in [0, 0.1) is 40.4 Å². The van der Waals surface area contributed by atoms with Gasteiger partial charge < -0.3 is 9.84 Å². The van der Waals surface area contributed by atoms with Gasteiger partial charge in [0, 0.05) is 18.8 Å². The Balaban J connectivity index is 1.71. The highest BCUT2D eigenvalue weighted by Crippen LogP contribution is 2.67. The molecule has 0 heterocycles. The quantitative estimate of drug-likeness (QED) is 0.736. The summed E-state index contributed by atoms with van der Waals surface area (Å²) < 4.78 is 5.93. The zero-order chi connectivity index (χ0) is 19.6. The minimum absolute atomic E-state index is 0.0498. The number of ketones is 1. The van der Waals surface area contributed by atoms with Gasteiger partial charge in [-0.25, -0.2) is 0 Å². The molecule has 4 aliphatic rings. The minimum Gasteiger partial charge on any atom is -0.462 e. The van der Waals surface area contributed by atoms with Gasteiger partial charge in [-0.2, -0.15) is 0 Å². The molecule has 152 valence electrons. The van der Waals surface area contributed by atoms with E-state index in [2.05, 4.69) is 13.8 Å². The second kappa shape index (κ2) is 6.57. The maximum absolute atomic E-state index is 12.3. The van der Waals surface area contributed by atoms with Crippen molar-refractivity contribution in [2.75, 3.05) is 0 Å². The highest BCUT2D eigenvalue weighted by atomic mass is 16.5. The predicted molar refractivity (Wildman–Crippen MR) is 103 cm³/mol. The molecule has 4 rings (SSSR count). The summed E-state index contributed by atoms with van der Waals surface area (Å²) >= 11 is 0. The molecular formula is C23H36O4. The van der Waals surface area contributed by atoms with Crippen LogP contribution in [0.15, 0.2) is 0 Å². The lowest BCUT2D eigenvalue weighted by Crippen LogP contribution is -2.59. The predicted octanol–water partition coefficient (Wildman–Crippen LogP) is 4.14. The Morgan fingerprint density at radius 2 is 1.59 bits per heavy atom. The molecule has 0 aromatic carbocycles. The molecule has 0 aliphatic heterocycles. The van der Waals surface area contributed by atoms with Crippen LogP contribution in [0.3, 0.4) is 0 Å². The lowest BCUT2D eigenvalue weighted by Gasteiger charge is -2.62. The lowest BCUT2D eigenvalue weighted by atomic mass is 9.44. The van der Waals surface area contributed by atoms with E-state index in [1.54, 1.807) is 6.92 Å². The monoisotopic (exact) mass is 376 g/mol. The van der Waals surface area contributed by atoms with E-state index in [1.165, 1.54) is 6.92 Å². The first-order chi connectivity index (χ1) is 12.7. The Hall–Kier alpha value is -0.900. The van der Waals surface area contributed by atoms with Crippen molar-refractivity contribution in [1.82, 2.24) is 0 Å². The number of hydrogen-bond donors (Lipinski definition) is 1. The van der Waals surface area contributed by atoms with Gasteiger partial charge in [0.15, 0.2) is 0 Å². The van der Waals surface area contributed by atoms with Crippen LogP contribution in [-0.2, 0) is 14.3 Å². The third kappa shape index (κ3) is 2.89. The van der Waals surface area contributed by atoms with Crippen molar-refractivity contribution >= 4 is 11.8 Å². The van der Waals surface area contributed by atoms with E-state index in [0.29, 0.717) is 29.5 Å². The van der Waals surface area contributed by atoms with Gasteiger partial charge in [0.25, 0.3) is 0 Å². The van der Waals surface area contributed by atoms with Gasteiger partial charge in [0.2, 0.25) is 0 Å². The van der Waals surface area contributed by atoms with Crippen LogP contribution in [0.5, 0.6) is 0 Å². The number of carbonyl (C=O) groups excluding carboxylic acids is 2. The number of fused-ring (bicyclic) bond motifs is 5. The third-order valence-corrected chi connectivity index (χ3v) is 9.44. The fourth-order valence-electron chi connectivity index (χ4n) is 8.18. The summed E-state index contributed by atoms with van der Waals surface area (Å²) in [5.41, 5.74) is 0.291. The van der Waals surface area contributed by atoms with Gasteiger partial charge in [-0.1, -0.05) is 13.8 Å². The molecule has 1 N–H and O–H groups in total. The lowest BCUT2D eigenvalue weighted by molar-refractivity contribution is -0.193. The van der Waals surface area contributed by atoms with Crippen LogP contribution in [0.25, 0.3) is 0 Å². The van der Waals surface area contributed by atoms with E-state index in [4.69, 9.17) is 4.74 Å². The van der Waals surface area contributed by atoms with Crippen molar-refractivity contribution in [2.45, 2.75) is 91.3 Å².